The number of carbonyl (C=O) groups is 1. The van der Waals surface area contributed by atoms with Gasteiger partial charge in [-0.2, -0.15) is 0 Å². The normalized spacial score (nSPS) is 21.4. The molecule has 0 aromatic carbocycles. The van der Waals surface area contributed by atoms with Gasteiger partial charge in [-0.25, -0.2) is 0 Å². The Kier molecular flexibility index (Phi) is 4.92. The molecule has 1 aliphatic heterocycles. The molecule has 1 heterocycles. The van der Waals surface area contributed by atoms with Crippen molar-refractivity contribution < 1.29 is 19.8 Å². The third kappa shape index (κ3) is 2.56. The van der Waals surface area contributed by atoms with Gasteiger partial charge in [0.05, 0.1) is 12.6 Å². The Balaban J connectivity index is 3.00. The number of nitrogens with two attached hydrogens (primary N) is 1. The summed E-state index contributed by atoms with van der Waals surface area (Å²) in [5, 5.41) is 21.0. The Morgan fingerprint density at radius 2 is 2.11 bits per heavy atom. The van der Waals surface area contributed by atoms with Crippen molar-refractivity contribution in [2.24, 2.45) is 16.3 Å². The molecule has 1 rings (SSSR count). The number of hydrogen-bond acceptors (Lipinski definition) is 5. The number of likely N-dealkylation sites (N-methyl/N-ethyl adjacent to an activating group) is 1. The number of amidine groups is 1. The number of hydrogen-bond donors (Lipinski definition) is 3. The number of nitrogens with zero attached hydrogens (tertiary/aromatic N) is 2. The second-order valence-corrected chi connectivity index (χ2v) is 4.63. The number of oxime groups is 1. The number of aliphatic hydroxyl groups is 1. The molecule has 0 bridgehead atoms. The molecule has 1 fully saturated rings. The van der Waals surface area contributed by atoms with Crippen LogP contribution in [0.4, 0.5) is 0 Å². The highest BCUT2D eigenvalue weighted by atomic mass is 16.5. The molecule has 0 radical (unpaired) electrons. The van der Waals surface area contributed by atoms with Crippen LogP contribution in [-0.2, 0) is 9.53 Å². The van der Waals surface area contributed by atoms with Crippen LogP contribution in [0.1, 0.15) is 19.8 Å². The van der Waals surface area contributed by atoms with E-state index in [2.05, 4.69) is 5.16 Å². The van der Waals surface area contributed by atoms with Crippen LogP contribution in [0.5, 0.6) is 0 Å². The van der Waals surface area contributed by atoms with E-state index < -0.39 is 5.41 Å². The number of ether oxygens (including phenoxy) is 1. The van der Waals surface area contributed by atoms with Gasteiger partial charge in [0.2, 0.25) is 5.91 Å². The maximum Gasteiger partial charge on any atom is 0.236 e. The molecule has 1 saturated heterocycles. The lowest BCUT2D eigenvalue weighted by atomic mass is 9.77. The Bertz CT molecular complexity index is 326. The molecule has 1 unspecified atom stereocenters. The Morgan fingerprint density at radius 1 is 1.56 bits per heavy atom. The first kappa shape index (κ1) is 14.7. The van der Waals surface area contributed by atoms with E-state index in [1.165, 1.54) is 4.90 Å². The molecular weight excluding hydrogens is 238 g/mol. The van der Waals surface area contributed by atoms with Crippen molar-refractivity contribution in [3.63, 3.8) is 0 Å². The molecule has 7 heteroatoms. The SMILES string of the molecule is CC(CO)N(C)C(=O)C1(C(N)=NO)CCOCC1. The van der Waals surface area contributed by atoms with Crippen molar-refractivity contribution in [1.82, 2.24) is 4.90 Å². The van der Waals surface area contributed by atoms with Crippen LogP contribution in [0.3, 0.4) is 0 Å². The maximum atomic E-state index is 12.5. The number of carbonyl (C=O) groups excluding carboxylic acids is 1. The van der Waals surface area contributed by atoms with E-state index in [0.717, 1.165) is 0 Å². The third-order valence-electron chi connectivity index (χ3n) is 3.60. The average Bonchev–Trinajstić information content (AvgIpc) is 2.44. The van der Waals surface area contributed by atoms with Crippen LogP contribution >= 0.6 is 0 Å². The molecular formula is C11H21N3O4. The van der Waals surface area contributed by atoms with Crippen LogP contribution in [0.2, 0.25) is 0 Å². The van der Waals surface area contributed by atoms with Crippen molar-refractivity contribution in [3.05, 3.63) is 0 Å². The summed E-state index contributed by atoms with van der Waals surface area (Å²) in [5.74, 6) is -0.338. The minimum Gasteiger partial charge on any atom is -0.409 e. The summed E-state index contributed by atoms with van der Waals surface area (Å²) < 4.78 is 5.22. The summed E-state index contributed by atoms with van der Waals surface area (Å²) in [5.41, 5.74) is 4.67. The predicted octanol–water partition coefficient (Wildman–Crippen LogP) is -0.631. The van der Waals surface area contributed by atoms with Crippen LogP contribution in [0, 0.1) is 5.41 Å². The zero-order valence-corrected chi connectivity index (χ0v) is 10.8. The summed E-state index contributed by atoms with van der Waals surface area (Å²) in [6.07, 6.45) is 0.758. The van der Waals surface area contributed by atoms with Crippen molar-refractivity contribution in [1.29, 1.82) is 0 Å². The summed E-state index contributed by atoms with van der Waals surface area (Å²) in [4.78, 5) is 13.9. The van der Waals surface area contributed by atoms with E-state index in [9.17, 15) is 4.79 Å². The zero-order valence-electron chi connectivity index (χ0n) is 10.8. The highest BCUT2D eigenvalue weighted by molar-refractivity contribution is 6.06. The quantitative estimate of drug-likeness (QED) is 0.269. The third-order valence-corrected chi connectivity index (χ3v) is 3.60. The first-order valence-corrected chi connectivity index (χ1v) is 5.93. The second-order valence-electron chi connectivity index (χ2n) is 4.63. The number of aliphatic hydroxyl groups excluding tert-OH is 1. The topological polar surface area (TPSA) is 108 Å². The molecule has 0 aliphatic carbocycles. The van der Waals surface area contributed by atoms with Gasteiger partial charge in [0.1, 0.15) is 5.41 Å². The summed E-state index contributed by atoms with van der Waals surface area (Å²) in [6, 6.07) is -0.316. The Morgan fingerprint density at radius 3 is 2.56 bits per heavy atom. The van der Waals surface area contributed by atoms with Crippen LogP contribution in [0.25, 0.3) is 0 Å². The highest BCUT2D eigenvalue weighted by Gasteiger charge is 2.46. The first-order chi connectivity index (χ1) is 8.49. The molecule has 4 N–H and O–H groups in total. The molecule has 0 spiro atoms. The van der Waals surface area contributed by atoms with Crippen LogP contribution in [-0.4, -0.2) is 59.9 Å². The van der Waals surface area contributed by atoms with Gasteiger partial charge in [0.25, 0.3) is 0 Å². The van der Waals surface area contributed by atoms with Gasteiger partial charge in [0, 0.05) is 20.3 Å². The van der Waals surface area contributed by atoms with E-state index in [1.54, 1.807) is 14.0 Å². The molecule has 7 nitrogen and oxygen atoms in total. The van der Waals surface area contributed by atoms with E-state index in [-0.39, 0.29) is 24.4 Å². The van der Waals surface area contributed by atoms with E-state index >= 15 is 0 Å². The molecule has 1 atom stereocenters. The van der Waals surface area contributed by atoms with Gasteiger partial charge < -0.3 is 25.7 Å². The van der Waals surface area contributed by atoms with Crippen molar-refractivity contribution >= 4 is 11.7 Å². The van der Waals surface area contributed by atoms with Crippen molar-refractivity contribution in [3.8, 4) is 0 Å². The Labute approximate surface area is 106 Å². The minimum atomic E-state index is -1.02. The first-order valence-electron chi connectivity index (χ1n) is 5.93. The lowest BCUT2D eigenvalue weighted by Crippen LogP contribution is -2.55. The average molecular weight is 259 g/mol. The predicted molar refractivity (Wildman–Crippen MR) is 65.2 cm³/mol. The van der Waals surface area contributed by atoms with Gasteiger partial charge in [-0.15, -0.1) is 0 Å². The molecule has 0 saturated carbocycles. The molecule has 1 aliphatic rings. The van der Waals surface area contributed by atoms with Gasteiger partial charge >= 0.3 is 0 Å². The highest BCUT2D eigenvalue weighted by Crippen LogP contribution is 2.33. The standard InChI is InChI=1S/C11H21N3O4/c1-8(7-15)14(2)10(16)11(9(12)13-17)3-5-18-6-4-11/h8,15,17H,3-7H2,1-2H3,(H2,12,13). The van der Waals surface area contributed by atoms with E-state index in [4.69, 9.17) is 20.8 Å². The number of rotatable bonds is 4. The fourth-order valence-electron chi connectivity index (χ4n) is 2.06. The zero-order chi connectivity index (χ0) is 13.8. The van der Waals surface area contributed by atoms with Crippen molar-refractivity contribution in [2.75, 3.05) is 26.9 Å². The summed E-state index contributed by atoms with van der Waals surface area (Å²) in [6.45, 7) is 2.38. The molecule has 0 aromatic heterocycles. The molecule has 0 aromatic rings. The van der Waals surface area contributed by atoms with E-state index in [0.29, 0.717) is 26.1 Å². The minimum absolute atomic E-state index is 0.0900. The lowest BCUT2D eigenvalue weighted by molar-refractivity contribution is -0.143. The summed E-state index contributed by atoms with van der Waals surface area (Å²) in [7, 11) is 1.60. The van der Waals surface area contributed by atoms with Gasteiger partial charge in [0.15, 0.2) is 5.84 Å². The maximum absolute atomic E-state index is 12.5. The number of amides is 1. The fraction of sp³-hybridized carbons (Fsp3) is 0.818. The van der Waals surface area contributed by atoms with Crippen LogP contribution < -0.4 is 5.73 Å². The van der Waals surface area contributed by atoms with Gasteiger partial charge in [-0.05, 0) is 19.8 Å². The monoisotopic (exact) mass is 259 g/mol. The summed E-state index contributed by atoms with van der Waals surface area (Å²) >= 11 is 0. The Hall–Kier alpha value is -1.34. The van der Waals surface area contributed by atoms with Crippen molar-refractivity contribution in [2.45, 2.75) is 25.8 Å². The second kappa shape index (κ2) is 6.01. The van der Waals surface area contributed by atoms with Crippen LogP contribution in [0.15, 0.2) is 5.16 Å². The lowest BCUT2D eigenvalue weighted by Gasteiger charge is -2.38. The largest absolute Gasteiger partial charge is 0.409 e. The molecule has 1 amide bonds. The smallest absolute Gasteiger partial charge is 0.236 e. The molecule has 18 heavy (non-hydrogen) atoms. The van der Waals surface area contributed by atoms with Gasteiger partial charge in [-0.1, -0.05) is 5.16 Å². The fourth-order valence-corrected chi connectivity index (χ4v) is 2.06. The van der Waals surface area contributed by atoms with Gasteiger partial charge in [-0.3, -0.25) is 4.79 Å². The van der Waals surface area contributed by atoms with E-state index in [1.807, 2.05) is 0 Å². The molecule has 104 valence electrons.